The van der Waals surface area contributed by atoms with Gasteiger partial charge in [-0.1, -0.05) is 6.92 Å². The number of rotatable bonds is 4. The lowest BCUT2D eigenvalue weighted by atomic mass is 10.1. The third kappa shape index (κ3) is 2.19. The SMILES string of the molecule is CCC(CC#N)Nc1ccc2c(c1)OCO2. The third-order valence-corrected chi connectivity index (χ3v) is 2.57. The Morgan fingerprint density at radius 1 is 1.44 bits per heavy atom. The Bertz CT molecular complexity index is 412. The van der Waals surface area contributed by atoms with Gasteiger partial charge in [0.2, 0.25) is 6.79 Å². The van der Waals surface area contributed by atoms with Crippen molar-refractivity contribution in [1.29, 1.82) is 5.26 Å². The molecule has 2 rings (SSSR count). The summed E-state index contributed by atoms with van der Waals surface area (Å²) in [4.78, 5) is 0. The molecule has 1 N–H and O–H groups in total. The number of anilines is 1. The van der Waals surface area contributed by atoms with Crippen LogP contribution in [0.5, 0.6) is 11.5 Å². The Morgan fingerprint density at radius 3 is 3.00 bits per heavy atom. The van der Waals surface area contributed by atoms with Crippen molar-refractivity contribution in [2.75, 3.05) is 12.1 Å². The normalized spacial score (nSPS) is 14.2. The first-order valence-corrected chi connectivity index (χ1v) is 5.36. The van der Waals surface area contributed by atoms with Crippen LogP contribution in [0.25, 0.3) is 0 Å². The lowest BCUT2D eigenvalue weighted by Gasteiger charge is -2.15. The van der Waals surface area contributed by atoms with Gasteiger partial charge in [-0.2, -0.15) is 5.26 Å². The topological polar surface area (TPSA) is 54.3 Å². The van der Waals surface area contributed by atoms with Gasteiger partial charge in [0.1, 0.15) is 0 Å². The zero-order valence-corrected chi connectivity index (χ0v) is 9.19. The predicted molar refractivity (Wildman–Crippen MR) is 60.5 cm³/mol. The smallest absolute Gasteiger partial charge is 0.231 e. The molecule has 16 heavy (non-hydrogen) atoms. The molecule has 0 spiro atoms. The van der Waals surface area contributed by atoms with Crippen LogP contribution >= 0.6 is 0 Å². The number of nitrogens with one attached hydrogen (secondary N) is 1. The lowest BCUT2D eigenvalue weighted by molar-refractivity contribution is 0.174. The van der Waals surface area contributed by atoms with Crippen molar-refractivity contribution < 1.29 is 9.47 Å². The van der Waals surface area contributed by atoms with Crippen molar-refractivity contribution in [3.05, 3.63) is 18.2 Å². The third-order valence-electron chi connectivity index (χ3n) is 2.57. The molecule has 4 heteroatoms. The maximum Gasteiger partial charge on any atom is 0.231 e. The Hall–Kier alpha value is -1.89. The number of hydrogen-bond acceptors (Lipinski definition) is 4. The summed E-state index contributed by atoms with van der Waals surface area (Å²) in [7, 11) is 0. The predicted octanol–water partition coefficient (Wildman–Crippen LogP) is 2.52. The van der Waals surface area contributed by atoms with E-state index in [1.54, 1.807) is 0 Å². The second kappa shape index (κ2) is 4.75. The Kier molecular flexibility index (Phi) is 3.16. The van der Waals surface area contributed by atoms with E-state index in [4.69, 9.17) is 14.7 Å². The van der Waals surface area contributed by atoms with Crippen LogP contribution in [0, 0.1) is 11.3 Å². The molecule has 1 aliphatic rings. The molecule has 0 bridgehead atoms. The van der Waals surface area contributed by atoms with Gasteiger partial charge in [-0.15, -0.1) is 0 Å². The summed E-state index contributed by atoms with van der Waals surface area (Å²) < 4.78 is 10.5. The number of ether oxygens (including phenoxy) is 2. The van der Waals surface area contributed by atoms with Crippen molar-refractivity contribution in [1.82, 2.24) is 0 Å². The summed E-state index contributed by atoms with van der Waals surface area (Å²) in [5, 5.41) is 12.0. The molecule has 1 heterocycles. The van der Waals surface area contributed by atoms with E-state index >= 15 is 0 Å². The molecule has 0 aliphatic carbocycles. The van der Waals surface area contributed by atoms with Crippen molar-refractivity contribution in [2.45, 2.75) is 25.8 Å². The van der Waals surface area contributed by atoms with E-state index in [-0.39, 0.29) is 12.8 Å². The van der Waals surface area contributed by atoms with E-state index in [9.17, 15) is 0 Å². The van der Waals surface area contributed by atoms with Crippen LogP contribution in [0.15, 0.2) is 18.2 Å². The fraction of sp³-hybridized carbons (Fsp3) is 0.417. The van der Waals surface area contributed by atoms with Crippen LogP contribution < -0.4 is 14.8 Å². The van der Waals surface area contributed by atoms with Gasteiger partial charge in [0.15, 0.2) is 11.5 Å². The van der Waals surface area contributed by atoms with Crippen LogP contribution in [0.2, 0.25) is 0 Å². The van der Waals surface area contributed by atoms with Gasteiger partial charge in [-0.3, -0.25) is 0 Å². The minimum Gasteiger partial charge on any atom is -0.454 e. The van der Waals surface area contributed by atoms with Crippen LogP contribution in [0.1, 0.15) is 19.8 Å². The van der Waals surface area contributed by atoms with Crippen LogP contribution in [0.3, 0.4) is 0 Å². The van der Waals surface area contributed by atoms with Gasteiger partial charge in [-0.25, -0.2) is 0 Å². The summed E-state index contributed by atoms with van der Waals surface area (Å²) in [6, 6.07) is 8.08. The number of nitriles is 1. The van der Waals surface area contributed by atoms with Gasteiger partial charge in [0, 0.05) is 17.8 Å². The summed E-state index contributed by atoms with van der Waals surface area (Å²) >= 11 is 0. The maximum absolute atomic E-state index is 8.67. The first-order chi connectivity index (χ1) is 7.83. The molecule has 1 aromatic rings. The first kappa shape index (κ1) is 10.6. The average molecular weight is 218 g/mol. The zero-order chi connectivity index (χ0) is 11.4. The molecular weight excluding hydrogens is 204 g/mol. The minimum absolute atomic E-state index is 0.186. The molecule has 1 aliphatic heterocycles. The number of hydrogen-bond donors (Lipinski definition) is 1. The van der Waals surface area contributed by atoms with Crippen molar-refractivity contribution >= 4 is 5.69 Å². The molecule has 0 saturated heterocycles. The zero-order valence-electron chi connectivity index (χ0n) is 9.19. The fourth-order valence-electron chi connectivity index (χ4n) is 1.63. The van der Waals surface area contributed by atoms with Gasteiger partial charge >= 0.3 is 0 Å². The van der Waals surface area contributed by atoms with E-state index in [1.807, 2.05) is 18.2 Å². The highest BCUT2D eigenvalue weighted by atomic mass is 16.7. The highest BCUT2D eigenvalue weighted by molar-refractivity contribution is 5.56. The van der Waals surface area contributed by atoms with Gasteiger partial charge < -0.3 is 14.8 Å². The highest BCUT2D eigenvalue weighted by Gasteiger charge is 2.14. The quantitative estimate of drug-likeness (QED) is 0.843. The van der Waals surface area contributed by atoms with Crippen LogP contribution in [-0.4, -0.2) is 12.8 Å². The Balaban J connectivity index is 2.07. The largest absolute Gasteiger partial charge is 0.454 e. The number of nitrogens with zero attached hydrogens (tertiary/aromatic N) is 1. The highest BCUT2D eigenvalue weighted by Crippen LogP contribution is 2.34. The number of benzene rings is 1. The molecule has 0 amide bonds. The van der Waals surface area contributed by atoms with E-state index in [2.05, 4.69) is 18.3 Å². The molecule has 0 saturated carbocycles. The van der Waals surface area contributed by atoms with Crippen LogP contribution in [0.4, 0.5) is 5.69 Å². The molecule has 1 aromatic carbocycles. The Labute approximate surface area is 94.8 Å². The maximum atomic E-state index is 8.67. The standard InChI is InChI=1S/C12H14N2O2/c1-2-9(5-6-13)14-10-3-4-11-12(7-10)16-8-15-11/h3-4,7,9,14H,2,5,8H2,1H3. The molecule has 0 aromatic heterocycles. The van der Waals surface area contributed by atoms with Gasteiger partial charge in [0.25, 0.3) is 0 Å². The molecule has 4 nitrogen and oxygen atoms in total. The average Bonchev–Trinajstić information content (AvgIpc) is 2.75. The van der Waals surface area contributed by atoms with E-state index in [1.165, 1.54) is 0 Å². The molecule has 0 fully saturated rings. The molecule has 1 unspecified atom stereocenters. The molecular formula is C12H14N2O2. The minimum atomic E-state index is 0.186. The molecule has 1 atom stereocenters. The van der Waals surface area contributed by atoms with Crippen molar-refractivity contribution in [2.24, 2.45) is 0 Å². The summed E-state index contributed by atoms with van der Waals surface area (Å²) in [5.74, 6) is 1.54. The summed E-state index contributed by atoms with van der Waals surface area (Å²) in [5.41, 5.74) is 0.964. The molecule has 0 radical (unpaired) electrons. The van der Waals surface area contributed by atoms with Gasteiger partial charge in [0.05, 0.1) is 12.5 Å². The second-order valence-electron chi connectivity index (χ2n) is 3.68. The summed E-state index contributed by atoms with van der Waals surface area (Å²) in [6.07, 6.45) is 1.42. The molecule has 84 valence electrons. The van der Waals surface area contributed by atoms with Gasteiger partial charge in [-0.05, 0) is 18.6 Å². The Morgan fingerprint density at radius 2 is 2.25 bits per heavy atom. The van der Waals surface area contributed by atoms with E-state index in [0.29, 0.717) is 6.42 Å². The monoisotopic (exact) mass is 218 g/mol. The summed E-state index contributed by atoms with van der Waals surface area (Å²) in [6.45, 7) is 2.34. The first-order valence-electron chi connectivity index (χ1n) is 5.36. The lowest BCUT2D eigenvalue weighted by Crippen LogP contribution is -2.17. The van der Waals surface area contributed by atoms with Crippen molar-refractivity contribution in [3.63, 3.8) is 0 Å². The van der Waals surface area contributed by atoms with E-state index < -0.39 is 0 Å². The second-order valence-corrected chi connectivity index (χ2v) is 3.68. The van der Waals surface area contributed by atoms with E-state index in [0.717, 1.165) is 23.6 Å². The van der Waals surface area contributed by atoms with Crippen LogP contribution in [-0.2, 0) is 0 Å². The fourth-order valence-corrected chi connectivity index (χ4v) is 1.63. The van der Waals surface area contributed by atoms with Crippen molar-refractivity contribution in [3.8, 4) is 17.6 Å². The number of fused-ring (bicyclic) bond motifs is 1.